The fraction of sp³-hybridized carbons (Fsp3) is 0.611. The maximum atomic E-state index is 12.2. The number of nitrogens with zero attached hydrogens (tertiary/aromatic N) is 3. The fourth-order valence-electron chi connectivity index (χ4n) is 4.55. The van der Waals surface area contributed by atoms with E-state index in [4.69, 9.17) is 9.47 Å². The molecule has 2 atom stereocenters. The van der Waals surface area contributed by atoms with E-state index in [1.165, 1.54) is 11.3 Å². The van der Waals surface area contributed by atoms with Gasteiger partial charge in [0.2, 0.25) is 0 Å². The number of fused-ring (bicyclic) bond motifs is 3. The van der Waals surface area contributed by atoms with Gasteiger partial charge in [-0.15, -0.1) is 0 Å². The first kappa shape index (κ1) is 16.6. The molecule has 7 heteroatoms. The standard InChI is InChI=1S/C18H26N4O3/c1-18-6-7-20(2)16(18)21(3)15-5-4-13(12-14(15)18)25-17(23)19-22-8-10-24-11-9-22/h4-5,12,16H,6-11H2,1-3H3,(H,19,23)/t16?,18-/m0/s1. The van der Waals surface area contributed by atoms with Crippen molar-refractivity contribution in [3.63, 3.8) is 0 Å². The smallest absolute Gasteiger partial charge is 0.409 e. The van der Waals surface area contributed by atoms with E-state index in [1.54, 1.807) is 0 Å². The Kier molecular flexibility index (Phi) is 4.10. The van der Waals surface area contributed by atoms with Gasteiger partial charge in [0.1, 0.15) is 5.75 Å². The molecule has 25 heavy (non-hydrogen) atoms. The lowest BCUT2D eigenvalue weighted by molar-refractivity contribution is 0.0153. The zero-order valence-electron chi connectivity index (χ0n) is 15.1. The average molecular weight is 346 g/mol. The zero-order chi connectivity index (χ0) is 17.6. The number of carbonyl (C=O) groups excluding carboxylic acids is 1. The molecule has 4 rings (SSSR count). The molecule has 1 unspecified atom stereocenters. The first-order chi connectivity index (χ1) is 12.0. The van der Waals surface area contributed by atoms with E-state index in [0.29, 0.717) is 38.2 Å². The molecule has 0 spiro atoms. The van der Waals surface area contributed by atoms with E-state index in [0.717, 1.165) is 13.0 Å². The minimum absolute atomic E-state index is 0.0683. The van der Waals surface area contributed by atoms with Gasteiger partial charge in [-0.25, -0.2) is 9.80 Å². The van der Waals surface area contributed by atoms with Crippen LogP contribution in [-0.2, 0) is 10.2 Å². The molecule has 1 aromatic carbocycles. The zero-order valence-corrected chi connectivity index (χ0v) is 15.1. The molecule has 2 saturated heterocycles. The van der Waals surface area contributed by atoms with Gasteiger partial charge in [0, 0.05) is 37.8 Å². The SMILES string of the molecule is CN1CC[C@@]2(C)c3cc(OC(=O)NN4CCOCC4)ccc3N(C)C12. The van der Waals surface area contributed by atoms with Crippen molar-refractivity contribution in [1.82, 2.24) is 15.3 Å². The average Bonchev–Trinajstić information content (AvgIpc) is 3.01. The second kappa shape index (κ2) is 6.16. The first-order valence-electron chi connectivity index (χ1n) is 8.88. The van der Waals surface area contributed by atoms with Gasteiger partial charge in [-0.1, -0.05) is 6.92 Å². The van der Waals surface area contributed by atoms with Crippen LogP contribution in [0.25, 0.3) is 0 Å². The number of likely N-dealkylation sites (N-methyl/N-ethyl adjacent to an activating group) is 2. The van der Waals surface area contributed by atoms with Crippen LogP contribution in [0.2, 0.25) is 0 Å². The summed E-state index contributed by atoms with van der Waals surface area (Å²) in [4.78, 5) is 16.9. The Morgan fingerprint density at radius 3 is 2.80 bits per heavy atom. The fourth-order valence-corrected chi connectivity index (χ4v) is 4.55. The summed E-state index contributed by atoms with van der Waals surface area (Å²) in [5, 5.41) is 1.83. The van der Waals surface area contributed by atoms with Crippen molar-refractivity contribution >= 4 is 11.8 Å². The molecule has 3 aliphatic heterocycles. The third-order valence-electron chi connectivity index (χ3n) is 5.77. The lowest BCUT2D eigenvalue weighted by Crippen LogP contribution is -2.49. The van der Waals surface area contributed by atoms with Crippen LogP contribution in [-0.4, -0.2) is 69.1 Å². The molecule has 1 amide bonds. The molecule has 0 radical (unpaired) electrons. The van der Waals surface area contributed by atoms with Gasteiger partial charge >= 0.3 is 6.09 Å². The van der Waals surface area contributed by atoms with Crippen molar-refractivity contribution in [3.05, 3.63) is 23.8 Å². The van der Waals surface area contributed by atoms with E-state index in [-0.39, 0.29) is 5.41 Å². The Balaban J connectivity index is 1.50. The highest BCUT2D eigenvalue weighted by Gasteiger charge is 2.52. The topological polar surface area (TPSA) is 57.3 Å². The number of hydrogen-bond donors (Lipinski definition) is 1. The van der Waals surface area contributed by atoms with Crippen LogP contribution in [0.1, 0.15) is 18.9 Å². The summed E-state index contributed by atoms with van der Waals surface area (Å²) in [6.45, 7) is 5.98. The van der Waals surface area contributed by atoms with E-state index in [9.17, 15) is 4.79 Å². The van der Waals surface area contributed by atoms with Crippen LogP contribution in [0.4, 0.5) is 10.5 Å². The molecular weight excluding hydrogens is 320 g/mol. The van der Waals surface area contributed by atoms with Crippen molar-refractivity contribution in [2.24, 2.45) is 0 Å². The predicted octanol–water partition coefficient (Wildman–Crippen LogP) is 1.39. The van der Waals surface area contributed by atoms with Crippen LogP contribution in [0.15, 0.2) is 18.2 Å². The summed E-state index contributed by atoms with van der Waals surface area (Å²) in [5.74, 6) is 0.592. The van der Waals surface area contributed by atoms with Crippen LogP contribution in [0.3, 0.4) is 0 Å². The Morgan fingerprint density at radius 1 is 1.28 bits per heavy atom. The quantitative estimate of drug-likeness (QED) is 0.873. The number of hydrogen-bond acceptors (Lipinski definition) is 6. The molecule has 1 aromatic rings. The van der Waals surface area contributed by atoms with Crippen molar-refractivity contribution in [3.8, 4) is 5.75 Å². The van der Waals surface area contributed by atoms with Crippen LogP contribution in [0, 0.1) is 0 Å². The Morgan fingerprint density at radius 2 is 2.04 bits per heavy atom. The van der Waals surface area contributed by atoms with Crippen molar-refractivity contribution in [2.45, 2.75) is 24.9 Å². The number of anilines is 1. The summed E-state index contributed by atoms with van der Waals surface area (Å²) in [7, 11) is 4.31. The largest absolute Gasteiger partial charge is 0.427 e. The molecule has 0 aromatic heterocycles. The number of carbonyl (C=O) groups is 1. The molecule has 3 aliphatic rings. The van der Waals surface area contributed by atoms with Crippen molar-refractivity contribution in [2.75, 3.05) is 51.8 Å². The second-order valence-corrected chi connectivity index (χ2v) is 7.41. The van der Waals surface area contributed by atoms with Gasteiger partial charge in [-0.2, -0.15) is 0 Å². The molecule has 0 aliphatic carbocycles. The number of amides is 1. The van der Waals surface area contributed by atoms with Gasteiger partial charge in [0.25, 0.3) is 0 Å². The van der Waals surface area contributed by atoms with Crippen molar-refractivity contribution < 1.29 is 14.3 Å². The van der Waals surface area contributed by atoms with E-state index >= 15 is 0 Å². The molecular formula is C18H26N4O3. The maximum Gasteiger partial charge on any atom is 0.427 e. The third kappa shape index (κ3) is 2.76. The highest BCUT2D eigenvalue weighted by molar-refractivity contribution is 5.72. The lowest BCUT2D eigenvalue weighted by Gasteiger charge is -2.32. The first-order valence-corrected chi connectivity index (χ1v) is 8.88. The van der Waals surface area contributed by atoms with Gasteiger partial charge in [-0.05, 0) is 37.2 Å². The Labute approximate surface area is 148 Å². The summed E-state index contributed by atoms with van der Waals surface area (Å²) in [6, 6.07) is 5.96. The number of ether oxygens (including phenoxy) is 2. The summed E-state index contributed by atoms with van der Waals surface area (Å²) in [5.41, 5.74) is 5.34. The molecule has 0 saturated carbocycles. The molecule has 0 bridgehead atoms. The van der Waals surface area contributed by atoms with Gasteiger partial charge in [0.05, 0.1) is 19.4 Å². The maximum absolute atomic E-state index is 12.2. The third-order valence-corrected chi connectivity index (χ3v) is 5.77. The highest BCUT2D eigenvalue weighted by atomic mass is 16.6. The number of morpholine rings is 1. The molecule has 136 valence electrons. The van der Waals surface area contributed by atoms with Crippen LogP contribution in [0.5, 0.6) is 5.75 Å². The molecule has 1 N–H and O–H groups in total. The van der Waals surface area contributed by atoms with Crippen LogP contribution < -0.4 is 15.1 Å². The van der Waals surface area contributed by atoms with Crippen LogP contribution >= 0.6 is 0 Å². The summed E-state index contributed by atoms with van der Waals surface area (Å²) in [6.07, 6.45) is 1.02. The molecule has 2 fully saturated rings. The summed E-state index contributed by atoms with van der Waals surface area (Å²) >= 11 is 0. The Bertz CT molecular complexity index is 676. The minimum Gasteiger partial charge on any atom is -0.409 e. The van der Waals surface area contributed by atoms with E-state index in [1.807, 2.05) is 17.1 Å². The summed E-state index contributed by atoms with van der Waals surface area (Å²) < 4.78 is 10.8. The van der Waals surface area contributed by atoms with E-state index in [2.05, 4.69) is 42.3 Å². The molecule has 3 heterocycles. The lowest BCUT2D eigenvalue weighted by atomic mass is 9.81. The minimum atomic E-state index is -0.446. The van der Waals surface area contributed by atoms with Gasteiger partial charge in [0.15, 0.2) is 0 Å². The number of nitrogens with one attached hydrogen (secondary N) is 1. The Hall–Kier alpha value is -1.83. The highest BCUT2D eigenvalue weighted by Crippen LogP contribution is 2.51. The number of hydrazine groups is 1. The van der Waals surface area contributed by atoms with E-state index < -0.39 is 6.09 Å². The molecule has 7 nitrogen and oxygen atoms in total. The number of likely N-dealkylation sites (tertiary alicyclic amines) is 1. The number of rotatable bonds is 2. The normalized spacial score (nSPS) is 29.4. The van der Waals surface area contributed by atoms with Gasteiger partial charge in [-0.3, -0.25) is 10.3 Å². The predicted molar refractivity (Wildman–Crippen MR) is 94.8 cm³/mol. The van der Waals surface area contributed by atoms with Gasteiger partial charge < -0.3 is 14.4 Å². The number of benzene rings is 1. The van der Waals surface area contributed by atoms with Crippen molar-refractivity contribution in [1.29, 1.82) is 0 Å². The monoisotopic (exact) mass is 346 g/mol. The second-order valence-electron chi connectivity index (χ2n) is 7.41.